The first kappa shape index (κ1) is 13.6. The Morgan fingerprint density at radius 2 is 1.19 bits per heavy atom. The molecular weight excluding hydrogens is 321 g/mol. The van der Waals surface area contributed by atoms with Crippen LogP contribution in [0.1, 0.15) is 0 Å². The standard InChI is InChI=1S/C12H5Cl2N3O4/c13-9-3-5(16(18)19)1-7-8-2-6(17(20)21)4-10(14)12(8)15-11(7)9/h1-4,15H. The highest BCUT2D eigenvalue weighted by Gasteiger charge is 2.19. The van der Waals surface area contributed by atoms with Crippen LogP contribution in [-0.2, 0) is 0 Å². The molecule has 7 nitrogen and oxygen atoms in total. The van der Waals surface area contributed by atoms with E-state index in [1.807, 2.05) is 0 Å². The normalized spacial score (nSPS) is 11.1. The number of H-pyrrole nitrogens is 1. The Labute approximate surface area is 126 Å². The van der Waals surface area contributed by atoms with E-state index in [2.05, 4.69) is 4.98 Å². The number of fused-ring (bicyclic) bond motifs is 3. The summed E-state index contributed by atoms with van der Waals surface area (Å²) in [4.78, 5) is 23.6. The number of aromatic amines is 1. The molecule has 0 aliphatic rings. The van der Waals surface area contributed by atoms with Crippen LogP contribution in [0, 0.1) is 20.2 Å². The lowest BCUT2D eigenvalue weighted by atomic mass is 10.1. The molecule has 0 radical (unpaired) electrons. The van der Waals surface area contributed by atoms with E-state index in [4.69, 9.17) is 23.2 Å². The lowest BCUT2D eigenvalue weighted by molar-refractivity contribution is -0.385. The van der Waals surface area contributed by atoms with Crippen LogP contribution >= 0.6 is 23.2 Å². The summed E-state index contributed by atoms with van der Waals surface area (Å²) in [5.41, 5.74) is 0.492. The molecule has 0 aliphatic carbocycles. The Bertz CT molecular complexity index is 861. The number of non-ortho nitro benzene ring substituents is 2. The Kier molecular flexibility index (Phi) is 2.96. The number of rotatable bonds is 2. The molecule has 21 heavy (non-hydrogen) atoms. The Hall–Kier alpha value is -2.38. The average molecular weight is 326 g/mol. The van der Waals surface area contributed by atoms with Crippen LogP contribution in [0.5, 0.6) is 0 Å². The predicted octanol–water partition coefficient (Wildman–Crippen LogP) is 4.44. The van der Waals surface area contributed by atoms with Crippen molar-refractivity contribution >= 4 is 56.4 Å². The first-order valence-electron chi connectivity index (χ1n) is 5.61. The van der Waals surface area contributed by atoms with Gasteiger partial charge in [-0.25, -0.2) is 0 Å². The third-order valence-electron chi connectivity index (χ3n) is 3.11. The maximum absolute atomic E-state index is 10.9. The lowest BCUT2D eigenvalue weighted by Gasteiger charge is -1.97. The molecule has 0 spiro atoms. The largest absolute Gasteiger partial charge is 0.352 e. The Balaban J connectivity index is 2.49. The zero-order valence-electron chi connectivity index (χ0n) is 10.1. The topological polar surface area (TPSA) is 102 Å². The van der Waals surface area contributed by atoms with Crippen LogP contribution in [-0.4, -0.2) is 14.8 Å². The van der Waals surface area contributed by atoms with Crippen molar-refractivity contribution in [2.24, 2.45) is 0 Å². The van der Waals surface area contributed by atoms with E-state index in [9.17, 15) is 20.2 Å². The fraction of sp³-hybridized carbons (Fsp3) is 0. The molecule has 0 atom stereocenters. The fourth-order valence-corrected chi connectivity index (χ4v) is 2.72. The van der Waals surface area contributed by atoms with Gasteiger partial charge in [0.2, 0.25) is 0 Å². The van der Waals surface area contributed by atoms with Crippen molar-refractivity contribution in [1.82, 2.24) is 4.98 Å². The van der Waals surface area contributed by atoms with Crippen LogP contribution < -0.4 is 0 Å². The maximum Gasteiger partial charge on any atom is 0.271 e. The first-order valence-corrected chi connectivity index (χ1v) is 6.37. The van der Waals surface area contributed by atoms with Crippen LogP contribution in [0.15, 0.2) is 24.3 Å². The highest BCUT2D eigenvalue weighted by Crippen LogP contribution is 2.38. The van der Waals surface area contributed by atoms with Gasteiger partial charge in [0.05, 0.1) is 30.9 Å². The summed E-state index contributed by atoms with van der Waals surface area (Å²) in [6.45, 7) is 0. The van der Waals surface area contributed by atoms with Gasteiger partial charge in [-0.05, 0) is 0 Å². The predicted molar refractivity (Wildman–Crippen MR) is 79.1 cm³/mol. The minimum Gasteiger partial charge on any atom is -0.352 e. The van der Waals surface area contributed by atoms with Crippen LogP contribution in [0.3, 0.4) is 0 Å². The highest BCUT2D eigenvalue weighted by molar-refractivity contribution is 6.39. The molecule has 0 unspecified atom stereocenters. The second-order valence-electron chi connectivity index (χ2n) is 4.34. The number of hydrogen-bond donors (Lipinski definition) is 1. The second kappa shape index (κ2) is 4.57. The molecule has 1 N–H and O–H groups in total. The van der Waals surface area contributed by atoms with Crippen molar-refractivity contribution in [3.05, 3.63) is 54.5 Å². The molecule has 0 saturated carbocycles. The SMILES string of the molecule is O=[N+]([O-])c1cc(Cl)c2[nH]c3c(Cl)cc([N+](=O)[O-])cc3c2c1. The second-order valence-corrected chi connectivity index (χ2v) is 5.15. The van der Waals surface area contributed by atoms with Crippen LogP contribution in [0.4, 0.5) is 11.4 Å². The summed E-state index contributed by atoms with van der Waals surface area (Å²) in [5.74, 6) is 0. The van der Waals surface area contributed by atoms with Crippen molar-refractivity contribution in [2.75, 3.05) is 0 Å². The number of halogens is 2. The van der Waals surface area contributed by atoms with Crippen LogP contribution in [0.2, 0.25) is 10.0 Å². The molecule has 0 amide bonds. The number of nitro benzene ring substituents is 2. The van der Waals surface area contributed by atoms with Gasteiger partial charge in [-0.1, -0.05) is 23.2 Å². The molecule has 106 valence electrons. The quantitative estimate of drug-likeness (QED) is 0.555. The third-order valence-corrected chi connectivity index (χ3v) is 3.71. The van der Waals surface area contributed by atoms with E-state index >= 15 is 0 Å². The molecule has 0 fully saturated rings. The molecule has 1 heterocycles. The summed E-state index contributed by atoms with van der Waals surface area (Å²) in [6, 6.07) is 5.03. The number of nitrogens with one attached hydrogen (secondary N) is 1. The van der Waals surface area contributed by atoms with Crippen molar-refractivity contribution in [3.8, 4) is 0 Å². The molecular formula is C12H5Cl2N3O4. The van der Waals surface area contributed by atoms with Gasteiger partial charge in [-0.3, -0.25) is 20.2 Å². The van der Waals surface area contributed by atoms with Gasteiger partial charge in [-0.2, -0.15) is 0 Å². The van der Waals surface area contributed by atoms with E-state index in [1.165, 1.54) is 24.3 Å². The molecule has 0 saturated heterocycles. The van der Waals surface area contributed by atoms with Gasteiger partial charge in [0, 0.05) is 35.0 Å². The lowest BCUT2D eigenvalue weighted by Crippen LogP contribution is -1.88. The molecule has 2 aromatic carbocycles. The molecule has 0 aliphatic heterocycles. The number of hydrogen-bond acceptors (Lipinski definition) is 4. The zero-order chi connectivity index (χ0) is 15.3. The van der Waals surface area contributed by atoms with E-state index < -0.39 is 9.85 Å². The van der Waals surface area contributed by atoms with E-state index in [0.717, 1.165) is 0 Å². The van der Waals surface area contributed by atoms with Crippen molar-refractivity contribution < 1.29 is 9.85 Å². The third kappa shape index (κ3) is 2.07. The van der Waals surface area contributed by atoms with Gasteiger partial charge in [0.15, 0.2) is 0 Å². The summed E-state index contributed by atoms with van der Waals surface area (Å²) >= 11 is 12.0. The molecule has 0 bridgehead atoms. The van der Waals surface area contributed by atoms with Gasteiger partial charge in [0.1, 0.15) is 0 Å². The first-order chi connectivity index (χ1) is 9.88. The van der Waals surface area contributed by atoms with Gasteiger partial charge >= 0.3 is 0 Å². The summed E-state index contributed by atoms with van der Waals surface area (Å²) in [7, 11) is 0. The number of benzene rings is 2. The van der Waals surface area contributed by atoms with Crippen LogP contribution in [0.25, 0.3) is 21.8 Å². The average Bonchev–Trinajstić information content (AvgIpc) is 2.78. The molecule has 9 heteroatoms. The van der Waals surface area contributed by atoms with Crippen molar-refractivity contribution in [1.29, 1.82) is 0 Å². The molecule has 3 aromatic rings. The van der Waals surface area contributed by atoms with Crippen molar-refractivity contribution in [3.63, 3.8) is 0 Å². The highest BCUT2D eigenvalue weighted by atomic mass is 35.5. The maximum atomic E-state index is 10.9. The number of aromatic nitrogens is 1. The minimum absolute atomic E-state index is 0.147. The molecule has 1 aromatic heterocycles. The monoisotopic (exact) mass is 325 g/mol. The Morgan fingerprint density at radius 1 is 0.810 bits per heavy atom. The van der Waals surface area contributed by atoms with E-state index in [-0.39, 0.29) is 21.4 Å². The van der Waals surface area contributed by atoms with E-state index in [0.29, 0.717) is 21.8 Å². The fourth-order valence-electron chi connectivity index (χ4n) is 2.20. The minimum atomic E-state index is -0.580. The summed E-state index contributed by atoms with van der Waals surface area (Å²) < 4.78 is 0. The summed E-state index contributed by atoms with van der Waals surface area (Å²) in [5, 5.41) is 22.9. The van der Waals surface area contributed by atoms with Crippen molar-refractivity contribution in [2.45, 2.75) is 0 Å². The van der Waals surface area contributed by atoms with Gasteiger partial charge in [-0.15, -0.1) is 0 Å². The summed E-state index contributed by atoms with van der Waals surface area (Å²) in [6.07, 6.45) is 0. The smallest absolute Gasteiger partial charge is 0.271 e. The number of nitro groups is 2. The van der Waals surface area contributed by atoms with Gasteiger partial charge in [0.25, 0.3) is 11.4 Å². The Morgan fingerprint density at radius 3 is 1.52 bits per heavy atom. The molecule has 3 rings (SSSR count). The van der Waals surface area contributed by atoms with E-state index in [1.54, 1.807) is 0 Å². The zero-order valence-corrected chi connectivity index (χ0v) is 11.6. The number of nitrogens with zero attached hydrogens (tertiary/aromatic N) is 2. The van der Waals surface area contributed by atoms with Gasteiger partial charge < -0.3 is 4.98 Å².